The summed E-state index contributed by atoms with van der Waals surface area (Å²) < 4.78 is 19.7. The number of halogens is 2. The second-order valence-electron chi connectivity index (χ2n) is 4.44. The number of urea groups is 1. The monoisotopic (exact) mass is 374 g/mol. The Kier molecular flexibility index (Phi) is 8.71. The zero-order chi connectivity index (χ0) is 16.6. The van der Waals surface area contributed by atoms with E-state index < -0.39 is 19.9 Å². The number of hydroxylamine groups is 2. The predicted molar refractivity (Wildman–Crippen MR) is 85.3 cm³/mol. The summed E-state index contributed by atoms with van der Waals surface area (Å²) >= 11 is 11.4. The summed E-state index contributed by atoms with van der Waals surface area (Å²) in [6, 6.07) is -0.716. The molecule has 0 saturated carbocycles. The number of hydrogen-bond acceptors (Lipinski definition) is 4. The highest BCUT2D eigenvalue weighted by Gasteiger charge is 2.40. The first-order valence-electron chi connectivity index (χ1n) is 6.75. The number of carbonyl (C=O) groups is 1. The van der Waals surface area contributed by atoms with Crippen LogP contribution in [0.4, 0.5) is 4.79 Å². The Bertz CT molecular complexity index is 423. The van der Waals surface area contributed by atoms with Gasteiger partial charge in [0.2, 0.25) is 0 Å². The molecule has 2 atom stereocenters. The van der Waals surface area contributed by atoms with Gasteiger partial charge in [-0.2, -0.15) is 5.06 Å². The molecule has 128 valence electrons. The number of carbonyl (C=O) groups excluding carboxylic acids is 1. The van der Waals surface area contributed by atoms with Crippen LogP contribution in [0.1, 0.15) is 6.42 Å². The molecule has 1 aliphatic heterocycles. The van der Waals surface area contributed by atoms with Crippen molar-refractivity contribution < 1.29 is 19.1 Å². The fourth-order valence-electron chi connectivity index (χ4n) is 1.87. The second-order valence-corrected chi connectivity index (χ2v) is 7.32. The van der Waals surface area contributed by atoms with Gasteiger partial charge in [-0.05, 0) is 0 Å². The van der Waals surface area contributed by atoms with E-state index in [1.165, 1.54) is 10.7 Å². The van der Waals surface area contributed by atoms with Crippen molar-refractivity contribution in [2.75, 3.05) is 38.0 Å². The van der Waals surface area contributed by atoms with Gasteiger partial charge in [0.1, 0.15) is 6.17 Å². The van der Waals surface area contributed by atoms with Gasteiger partial charge in [-0.3, -0.25) is 9.77 Å². The van der Waals surface area contributed by atoms with E-state index in [9.17, 15) is 14.6 Å². The Balaban J connectivity index is 2.74. The third kappa shape index (κ3) is 5.38. The average molecular weight is 375 g/mol. The van der Waals surface area contributed by atoms with Crippen LogP contribution in [0.15, 0.2) is 12.7 Å². The fraction of sp³-hybridized carbons (Fsp3) is 0.727. The lowest BCUT2D eigenvalue weighted by Gasteiger charge is -2.39. The molecule has 1 rings (SSSR count). The molecule has 1 aliphatic rings. The van der Waals surface area contributed by atoms with E-state index in [4.69, 9.17) is 27.7 Å². The number of alkyl halides is 2. The van der Waals surface area contributed by atoms with E-state index in [0.29, 0.717) is 18.2 Å². The molecule has 0 spiro atoms. The first kappa shape index (κ1) is 19.7. The maximum Gasteiger partial charge on any atom is 0.345 e. The van der Waals surface area contributed by atoms with Crippen molar-refractivity contribution in [2.45, 2.75) is 12.6 Å². The summed E-state index contributed by atoms with van der Waals surface area (Å²) in [6.07, 6.45) is 0.937. The van der Waals surface area contributed by atoms with E-state index in [1.807, 2.05) is 0 Å². The van der Waals surface area contributed by atoms with Gasteiger partial charge in [0.05, 0.1) is 6.61 Å². The van der Waals surface area contributed by atoms with Crippen molar-refractivity contribution in [1.82, 2.24) is 20.1 Å². The van der Waals surface area contributed by atoms with Gasteiger partial charge in [0.15, 0.2) is 0 Å². The normalized spacial score (nSPS) is 25.0. The van der Waals surface area contributed by atoms with Crippen molar-refractivity contribution in [3.63, 3.8) is 0 Å². The first-order chi connectivity index (χ1) is 10.5. The lowest BCUT2D eigenvalue weighted by molar-refractivity contribution is -0.0921. The molecule has 1 fully saturated rings. The summed E-state index contributed by atoms with van der Waals surface area (Å²) in [4.78, 5) is 11.7. The van der Waals surface area contributed by atoms with E-state index in [2.05, 4.69) is 17.0 Å². The SMILES string of the molecule is C=CCNC(=O)N(O)C1CCOP(=O)(N(CCCl)CCCl)N1. The zero-order valence-electron chi connectivity index (χ0n) is 12.1. The number of hydrogen-bond donors (Lipinski definition) is 3. The van der Waals surface area contributed by atoms with Crippen LogP contribution in [-0.2, 0) is 9.09 Å². The van der Waals surface area contributed by atoms with E-state index >= 15 is 0 Å². The first-order valence-corrected chi connectivity index (χ1v) is 9.39. The molecule has 22 heavy (non-hydrogen) atoms. The van der Waals surface area contributed by atoms with Crippen LogP contribution < -0.4 is 10.4 Å². The maximum atomic E-state index is 12.9. The summed E-state index contributed by atoms with van der Waals surface area (Å²) in [6.45, 7) is 4.41. The largest absolute Gasteiger partial charge is 0.345 e. The van der Waals surface area contributed by atoms with Crippen molar-refractivity contribution in [3.8, 4) is 0 Å². The third-order valence-electron chi connectivity index (χ3n) is 2.93. The number of nitrogens with one attached hydrogen (secondary N) is 2. The molecule has 0 aliphatic carbocycles. The molecule has 0 bridgehead atoms. The molecule has 2 unspecified atom stereocenters. The maximum absolute atomic E-state index is 12.9. The molecule has 1 heterocycles. The predicted octanol–water partition coefficient (Wildman–Crippen LogP) is 1.80. The molecule has 0 aromatic carbocycles. The molecular formula is C11H21Cl2N4O4P. The highest BCUT2D eigenvalue weighted by atomic mass is 35.5. The highest BCUT2D eigenvalue weighted by Crippen LogP contribution is 2.49. The van der Waals surface area contributed by atoms with E-state index in [1.54, 1.807) is 0 Å². The Morgan fingerprint density at radius 2 is 2.14 bits per heavy atom. The van der Waals surface area contributed by atoms with Crippen LogP contribution in [0.25, 0.3) is 0 Å². The Morgan fingerprint density at radius 3 is 2.68 bits per heavy atom. The number of amides is 2. The van der Waals surface area contributed by atoms with Crippen LogP contribution in [-0.4, -0.2) is 65.1 Å². The fourth-order valence-corrected chi connectivity index (χ4v) is 4.61. The van der Waals surface area contributed by atoms with Crippen LogP contribution >= 0.6 is 30.9 Å². The van der Waals surface area contributed by atoms with Crippen LogP contribution in [0.2, 0.25) is 0 Å². The summed E-state index contributed by atoms with van der Waals surface area (Å²) in [5.74, 6) is 0.499. The van der Waals surface area contributed by atoms with Crippen LogP contribution in [0.5, 0.6) is 0 Å². The summed E-state index contributed by atoms with van der Waals surface area (Å²) in [5, 5.41) is 15.5. The standard InChI is InChI=1S/C11H21Cl2N4O4P/c1-2-6-14-11(18)17(19)10-3-9-21-22(20,15-10)16(7-4-12)8-5-13/h2,10,19H,1,3-9H2,(H,14,18)(H,15,20). The molecule has 0 aromatic heterocycles. The van der Waals surface area contributed by atoms with Gasteiger partial charge >= 0.3 is 13.7 Å². The molecule has 1 saturated heterocycles. The van der Waals surface area contributed by atoms with Crippen LogP contribution in [0, 0.1) is 0 Å². The minimum absolute atomic E-state index is 0.127. The third-order valence-corrected chi connectivity index (χ3v) is 5.57. The summed E-state index contributed by atoms with van der Waals surface area (Å²) in [7, 11) is -3.42. The lowest BCUT2D eigenvalue weighted by Crippen LogP contribution is -2.53. The molecular weight excluding hydrogens is 354 g/mol. The molecule has 11 heteroatoms. The van der Waals surface area contributed by atoms with Gasteiger partial charge in [0.25, 0.3) is 0 Å². The molecule has 0 aromatic rings. The average Bonchev–Trinajstić information content (AvgIpc) is 2.51. The van der Waals surface area contributed by atoms with Crippen molar-refractivity contribution in [1.29, 1.82) is 0 Å². The molecule has 2 amide bonds. The van der Waals surface area contributed by atoms with Gasteiger partial charge in [0, 0.05) is 37.8 Å². The Hall–Kier alpha value is -0.340. The van der Waals surface area contributed by atoms with E-state index in [0.717, 1.165) is 0 Å². The quantitative estimate of drug-likeness (QED) is 0.197. The number of nitrogens with zero attached hydrogens (tertiary/aromatic N) is 2. The number of rotatable bonds is 8. The smallest absolute Gasteiger partial charge is 0.333 e. The molecule has 3 N–H and O–H groups in total. The van der Waals surface area contributed by atoms with Crippen molar-refractivity contribution in [3.05, 3.63) is 12.7 Å². The Morgan fingerprint density at radius 1 is 1.50 bits per heavy atom. The van der Waals surface area contributed by atoms with E-state index in [-0.39, 0.29) is 31.3 Å². The summed E-state index contributed by atoms with van der Waals surface area (Å²) in [5.41, 5.74) is 0. The zero-order valence-corrected chi connectivity index (χ0v) is 14.5. The van der Waals surface area contributed by atoms with Crippen molar-refractivity contribution >= 4 is 36.9 Å². The van der Waals surface area contributed by atoms with Gasteiger partial charge in [-0.1, -0.05) is 6.08 Å². The second kappa shape index (κ2) is 9.72. The molecule has 8 nitrogen and oxygen atoms in total. The topological polar surface area (TPSA) is 94.1 Å². The minimum atomic E-state index is -3.42. The van der Waals surface area contributed by atoms with Crippen LogP contribution in [0.3, 0.4) is 0 Å². The minimum Gasteiger partial charge on any atom is -0.333 e. The van der Waals surface area contributed by atoms with Crippen molar-refractivity contribution in [2.24, 2.45) is 0 Å². The Labute approximate surface area is 139 Å². The molecule has 0 radical (unpaired) electrons. The van der Waals surface area contributed by atoms with Gasteiger partial charge in [-0.25, -0.2) is 14.6 Å². The van der Waals surface area contributed by atoms with Gasteiger partial charge < -0.3 is 9.84 Å². The lowest BCUT2D eigenvalue weighted by atomic mass is 10.3. The van der Waals surface area contributed by atoms with Gasteiger partial charge in [-0.15, -0.1) is 29.8 Å². The highest BCUT2D eigenvalue weighted by molar-refractivity contribution is 7.54.